The van der Waals surface area contributed by atoms with Crippen molar-refractivity contribution in [3.63, 3.8) is 0 Å². The first-order valence-electron chi connectivity index (χ1n) is 6.03. The molecule has 1 aromatic carbocycles. The molecule has 0 aliphatic carbocycles. The van der Waals surface area contributed by atoms with Gasteiger partial charge in [-0.15, -0.1) is 0 Å². The summed E-state index contributed by atoms with van der Waals surface area (Å²) >= 11 is 0. The van der Waals surface area contributed by atoms with Crippen molar-refractivity contribution in [2.45, 2.75) is 38.8 Å². The largest absolute Gasteiger partial charge is 0.379 e. The minimum absolute atomic E-state index is 0.0175. The Kier molecular flexibility index (Phi) is 5.09. The molecule has 0 radical (unpaired) electrons. The van der Waals surface area contributed by atoms with Crippen LogP contribution in [0.4, 0.5) is 4.39 Å². The average Bonchev–Trinajstić information content (AvgIpc) is 2.29. The molecule has 0 aliphatic rings. The van der Waals surface area contributed by atoms with Gasteiger partial charge in [0.2, 0.25) is 0 Å². The van der Waals surface area contributed by atoms with Gasteiger partial charge in [-0.1, -0.05) is 25.1 Å². The topological polar surface area (TPSA) is 21.3 Å². The Hall–Kier alpha value is -0.930. The molecule has 0 aromatic heterocycles. The van der Waals surface area contributed by atoms with E-state index >= 15 is 0 Å². The lowest BCUT2D eigenvalue weighted by Gasteiger charge is -2.29. The molecule has 1 unspecified atom stereocenters. The predicted octanol–water partition coefficient (Wildman–Crippen LogP) is 3.29. The van der Waals surface area contributed by atoms with Gasteiger partial charge >= 0.3 is 0 Å². The van der Waals surface area contributed by atoms with Crippen LogP contribution in [0.2, 0.25) is 0 Å². The summed E-state index contributed by atoms with van der Waals surface area (Å²) in [6.45, 7) is 6.85. The molecule has 1 atom stereocenters. The first kappa shape index (κ1) is 14.1. The highest BCUT2D eigenvalue weighted by atomic mass is 19.1. The summed E-state index contributed by atoms with van der Waals surface area (Å²) in [4.78, 5) is 0. The van der Waals surface area contributed by atoms with Gasteiger partial charge in [0.15, 0.2) is 0 Å². The molecule has 0 saturated carbocycles. The number of benzene rings is 1. The van der Waals surface area contributed by atoms with E-state index in [4.69, 9.17) is 4.74 Å². The Balaban J connectivity index is 2.90. The summed E-state index contributed by atoms with van der Waals surface area (Å²) in [6, 6.07) is 6.89. The lowest BCUT2D eigenvalue weighted by Crippen LogP contribution is -2.32. The van der Waals surface area contributed by atoms with Crippen molar-refractivity contribution in [1.29, 1.82) is 0 Å². The molecule has 96 valence electrons. The third-order valence-electron chi connectivity index (χ3n) is 2.98. The summed E-state index contributed by atoms with van der Waals surface area (Å²) in [7, 11) is 1.68. The first-order valence-corrected chi connectivity index (χ1v) is 6.03. The number of rotatable bonds is 6. The Morgan fingerprint density at radius 2 is 2.00 bits per heavy atom. The number of hydrogen-bond acceptors (Lipinski definition) is 2. The molecule has 1 aromatic rings. The Morgan fingerprint density at radius 1 is 1.35 bits per heavy atom. The van der Waals surface area contributed by atoms with Crippen LogP contribution in [0.25, 0.3) is 0 Å². The van der Waals surface area contributed by atoms with Crippen molar-refractivity contribution in [2.75, 3.05) is 13.7 Å². The van der Waals surface area contributed by atoms with Crippen LogP contribution in [-0.4, -0.2) is 19.3 Å². The summed E-state index contributed by atoms with van der Waals surface area (Å²) in [6.07, 6.45) is 0.734. The SMILES string of the molecule is CCNC(CC(C)(C)OC)c1ccccc1F. The van der Waals surface area contributed by atoms with Gasteiger partial charge in [0.05, 0.1) is 5.60 Å². The van der Waals surface area contributed by atoms with E-state index in [0.29, 0.717) is 5.56 Å². The van der Waals surface area contributed by atoms with Gasteiger partial charge < -0.3 is 10.1 Å². The van der Waals surface area contributed by atoms with Crippen LogP contribution in [0.15, 0.2) is 24.3 Å². The Morgan fingerprint density at radius 3 is 2.53 bits per heavy atom. The fourth-order valence-corrected chi connectivity index (χ4v) is 1.87. The number of hydrogen-bond donors (Lipinski definition) is 1. The zero-order chi connectivity index (χ0) is 12.9. The van der Waals surface area contributed by atoms with Crippen molar-refractivity contribution < 1.29 is 9.13 Å². The third-order valence-corrected chi connectivity index (χ3v) is 2.98. The fourth-order valence-electron chi connectivity index (χ4n) is 1.87. The number of methoxy groups -OCH3 is 1. The van der Waals surface area contributed by atoms with E-state index in [-0.39, 0.29) is 17.5 Å². The molecular weight excluding hydrogens is 217 g/mol. The predicted molar refractivity (Wildman–Crippen MR) is 68.5 cm³/mol. The molecule has 1 N–H and O–H groups in total. The Labute approximate surface area is 103 Å². The van der Waals surface area contributed by atoms with E-state index < -0.39 is 0 Å². The zero-order valence-electron chi connectivity index (χ0n) is 11.1. The van der Waals surface area contributed by atoms with Crippen molar-refractivity contribution in [3.8, 4) is 0 Å². The minimum atomic E-state index is -0.269. The van der Waals surface area contributed by atoms with Crippen LogP contribution in [0.5, 0.6) is 0 Å². The van der Waals surface area contributed by atoms with Crippen molar-refractivity contribution in [3.05, 3.63) is 35.6 Å². The van der Waals surface area contributed by atoms with Crippen LogP contribution >= 0.6 is 0 Å². The molecule has 3 heteroatoms. The quantitative estimate of drug-likeness (QED) is 0.822. The maximum absolute atomic E-state index is 13.8. The summed E-state index contributed by atoms with van der Waals surface area (Å²) in [5.41, 5.74) is 0.439. The third kappa shape index (κ3) is 4.10. The smallest absolute Gasteiger partial charge is 0.127 e. The van der Waals surface area contributed by atoms with Gasteiger partial charge in [-0.2, -0.15) is 0 Å². The van der Waals surface area contributed by atoms with Gasteiger partial charge in [-0.3, -0.25) is 0 Å². The normalized spacial score (nSPS) is 13.7. The van der Waals surface area contributed by atoms with Gasteiger partial charge in [0.25, 0.3) is 0 Å². The molecule has 0 bridgehead atoms. The molecule has 0 saturated heterocycles. The van der Waals surface area contributed by atoms with E-state index in [2.05, 4.69) is 5.32 Å². The molecule has 1 rings (SSSR count). The van der Waals surface area contributed by atoms with Gasteiger partial charge in [-0.05, 0) is 32.9 Å². The van der Waals surface area contributed by atoms with Crippen LogP contribution < -0.4 is 5.32 Å². The van der Waals surface area contributed by atoms with Crippen molar-refractivity contribution >= 4 is 0 Å². The van der Waals surface area contributed by atoms with E-state index in [1.165, 1.54) is 6.07 Å². The molecule has 0 amide bonds. The maximum Gasteiger partial charge on any atom is 0.127 e. The first-order chi connectivity index (χ1) is 8.00. The molecule has 0 spiro atoms. The van der Waals surface area contributed by atoms with E-state index in [1.54, 1.807) is 13.2 Å². The second kappa shape index (κ2) is 6.12. The Bertz CT molecular complexity index is 352. The van der Waals surface area contributed by atoms with Gasteiger partial charge in [0, 0.05) is 18.7 Å². The zero-order valence-corrected chi connectivity index (χ0v) is 11.1. The van der Waals surface area contributed by atoms with Gasteiger partial charge in [0.1, 0.15) is 5.82 Å². The van der Waals surface area contributed by atoms with Crippen LogP contribution in [0.3, 0.4) is 0 Å². The molecular formula is C14H22FNO. The second-order valence-corrected chi connectivity index (χ2v) is 4.80. The van der Waals surface area contributed by atoms with Crippen LogP contribution in [-0.2, 0) is 4.74 Å². The highest BCUT2D eigenvalue weighted by Gasteiger charge is 2.24. The molecule has 0 fully saturated rings. The van der Waals surface area contributed by atoms with Crippen molar-refractivity contribution in [2.24, 2.45) is 0 Å². The van der Waals surface area contributed by atoms with Crippen LogP contribution in [0, 0.1) is 5.82 Å². The number of ether oxygens (including phenoxy) is 1. The fraction of sp³-hybridized carbons (Fsp3) is 0.571. The van der Waals surface area contributed by atoms with Crippen LogP contribution in [0.1, 0.15) is 38.8 Å². The highest BCUT2D eigenvalue weighted by molar-refractivity contribution is 5.21. The summed E-state index contributed by atoms with van der Waals surface area (Å²) < 4.78 is 19.2. The van der Waals surface area contributed by atoms with E-state index in [0.717, 1.165) is 13.0 Å². The monoisotopic (exact) mass is 239 g/mol. The van der Waals surface area contributed by atoms with Gasteiger partial charge in [-0.25, -0.2) is 4.39 Å². The number of nitrogens with one attached hydrogen (secondary N) is 1. The molecule has 0 heterocycles. The number of halogens is 1. The molecule has 2 nitrogen and oxygen atoms in total. The van der Waals surface area contributed by atoms with E-state index in [1.807, 2.05) is 32.9 Å². The highest BCUT2D eigenvalue weighted by Crippen LogP contribution is 2.27. The molecule has 0 aliphatic heterocycles. The molecule has 17 heavy (non-hydrogen) atoms. The summed E-state index contributed by atoms with van der Waals surface area (Å²) in [5.74, 6) is -0.162. The van der Waals surface area contributed by atoms with E-state index in [9.17, 15) is 4.39 Å². The maximum atomic E-state index is 13.8. The lowest BCUT2D eigenvalue weighted by molar-refractivity contribution is 0.00671. The second-order valence-electron chi connectivity index (χ2n) is 4.80. The average molecular weight is 239 g/mol. The van der Waals surface area contributed by atoms with Crippen molar-refractivity contribution in [1.82, 2.24) is 5.32 Å². The standard InChI is InChI=1S/C14H22FNO/c1-5-16-13(10-14(2,3)17-4)11-8-6-7-9-12(11)15/h6-9,13,16H,5,10H2,1-4H3. The summed E-state index contributed by atoms with van der Waals surface area (Å²) in [5, 5.41) is 3.31. The lowest BCUT2D eigenvalue weighted by atomic mass is 9.93. The minimum Gasteiger partial charge on any atom is -0.379 e.